The zero-order valence-electron chi connectivity index (χ0n) is 6.19. The number of carbonyl (C=O) groups is 1. The van der Waals surface area contributed by atoms with Crippen molar-refractivity contribution in [2.24, 2.45) is 5.92 Å². The molecule has 0 aliphatic carbocycles. The quantitative estimate of drug-likeness (QED) is 0.560. The van der Waals surface area contributed by atoms with Gasteiger partial charge in [-0.3, -0.25) is 0 Å². The Morgan fingerprint density at radius 1 is 1.64 bits per heavy atom. The lowest BCUT2D eigenvalue weighted by molar-refractivity contribution is 0.153. The van der Waals surface area contributed by atoms with Gasteiger partial charge >= 0.3 is 6.09 Å². The Bertz CT molecular complexity index is 179. The summed E-state index contributed by atoms with van der Waals surface area (Å²) in [5, 5.41) is 8.62. The minimum absolute atomic E-state index is 0.361. The summed E-state index contributed by atoms with van der Waals surface area (Å²) in [7, 11) is 0. The van der Waals surface area contributed by atoms with Gasteiger partial charge in [-0.05, 0) is 6.42 Å². The van der Waals surface area contributed by atoms with Crippen molar-refractivity contribution in [2.75, 3.05) is 19.7 Å². The highest BCUT2D eigenvalue weighted by Crippen LogP contribution is 2.28. The fourth-order valence-corrected chi connectivity index (χ4v) is 1.59. The second-order valence-corrected chi connectivity index (χ2v) is 3.15. The van der Waals surface area contributed by atoms with E-state index in [0.717, 1.165) is 13.0 Å². The molecule has 1 N–H and O–H groups in total. The van der Waals surface area contributed by atoms with E-state index >= 15 is 0 Å². The molecule has 4 heteroatoms. The topological polar surface area (TPSA) is 53.1 Å². The third kappa shape index (κ3) is 1.30. The minimum atomic E-state index is -0.798. The van der Waals surface area contributed by atoms with Crippen LogP contribution in [0.15, 0.2) is 0 Å². The van der Waals surface area contributed by atoms with E-state index < -0.39 is 6.09 Å². The molecule has 0 saturated carbocycles. The third-order valence-corrected chi connectivity index (χ3v) is 2.38. The van der Waals surface area contributed by atoms with E-state index in [1.165, 1.54) is 4.90 Å². The zero-order chi connectivity index (χ0) is 7.84. The van der Waals surface area contributed by atoms with Crippen molar-refractivity contribution in [1.29, 1.82) is 0 Å². The smallest absolute Gasteiger partial charge is 0.407 e. The van der Waals surface area contributed by atoms with Crippen molar-refractivity contribution in [2.45, 2.75) is 12.5 Å². The summed E-state index contributed by atoms with van der Waals surface area (Å²) in [6.45, 7) is 2.18. The molecule has 0 spiro atoms. The van der Waals surface area contributed by atoms with Crippen LogP contribution in [0.3, 0.4) is 0 Å². The van der Waals surface area contributed by atoms with Gasteiger partial charge in [0.25, 0.3) is 0 Å². The molecule has 2 rings (SSSR count). The van der Waals surface area contributed by atoms with Crippen LogP contribution in [0.1, 0.15) is 6.42 Å². The molecule has 62 valence electrons. The van der Waals surface area contributed by atoms with Gasteiger partial charge in [-0.1, -0.05) is 0 Å². The number of epoxide rings is 1. The van der Waals surface area contributed by atoms with Crippen LogP contribution in [0.25, 0.3) is 0 Å². The molecule has 2 atom stereocenters. The van der Waals surface area contributed by atoms with Gasteiger partial charge in [-0.25, -0.2) is 4.79 Å². The second-order valence-electron chi connectivity index (χ2n) is 3.15. The molecule has 0 aromatic carbocycles. The molecule has 0 bridgehead atoms. The van der Waals surface area contributed by atoms with Gasteiger partial charge in [-0.2, -0.15) is 0 Å². The van der Waals surface area contributed by atoms with Gasteiger partial charge in [0.15, 0.2) is 0 Å². The molecule has 0 radical (unpaired) electrons. The van der Waals surface area contributed by atoms with Crippen LogP contribution < -0.4 is 0 Å². The van der Waals surface area contributed by atoms with E-state index in [4.69, 9.17) is 9.84 Å². The highest BCUT2D eigenvalue weighted by molar-refractivity contribution is 5.65. The molecule has 0 aromatic heterocycles. The predicted octanol–water partition coefficient (Wildman–Crippen LogP) is 0.385. The van der Waals surface area contributed by atoms with Crippen molar-refractivity contribution >= 4 is 6.09 Å². The zero-order valence-corrected chi connectivity index (χ0v) is 6.19. The van der Waals surface area contributed by atoms with Crippen molar-refractivity contribution in [3.05, 3.63) is 0 Å². The van der Waals surface area contributed by atoms with Crippen molar-refractivity contribution in [3.63, 3.8) is 0 Å². The summed E-state index contributed by atoms with van der Waals surface area (Å²) in [6, 6.07) is 0. The number of carboxylic acid groups (broad SMARTS) is 1. The fraction of sp³-hybridized carbons (Fsp3) is 0.857. The Morgan fingerprint density at radius 2 is 2.36 bits per heavy atom. The number of hydrogen-bond donors (Lipinski definition) is 1. The Morgan fingerprint density at radius 3 is 2.82 bits per heavy atom. The summed E-state index contributed by atoms with van der Waals surface area (Å²) in [5.41, 5.74) is 0. The second kappa shape index (κ2) is 2.37. The molecule has 2 heterocycles. The third-order valence-electron chi connectivity index (χ3n) is 2.38. The highest BCUT2D eigenvalue weighted by Gasteiger charge is 2.38. The molecule has 11 heavy (non-hydrogen) atoms. The molecule has 0 aromatic rings. The first-order valence-electron chi connectivity index (χ1n) is 3.87. The van der Waals surface area contributed by atoms with Crippen LogP contribution >= 0.6 is 0 Å². The largest absolute Gasteiger partial charge is 0.465 e. The van der Waals surface area contributed by atoms with Gasteiger partial charge in [-0.15, -0.1) is 0 Å². The van der Waals surface area contributed by atoms with E-state index in [1.807, 2.05) is 0 Å². The number of rotatable bonds is 1. The lowest BCUT2D eigenvalue weighted by Crippen LogP contribution is -2.27. The Kier molecular flexibility index (Phi) is 1.49. The first-order valence-corrected chi connectivity index (χ1v) is 3.87. The molecule has 2 aliphatic heterocycles. The van der Waals surface area contributed by atoms with Gasteiger partial charge < -0.3 is 14.7 Å². The maximum atomic E-state index is 10.5. The van der Waals surface area contributed by atoms with Gasteiger partial charge in [0.1, 0.15) is 0 Å². The number of likely N-dealkylation sites (tertiary alicyclic amines) is 1. The van der Waals surface area contributed by atoms with E-state index in [0.29, 0.717) is 25.1 Å². The average Bonchev–Trinajstić information content (AvgIpc) is 2.68. The summed E-state index contributed by atoms with van der Waals surface area (Å²) in [4.78, 5) is 11.9. The number of nitrogens with zero attached hydrogens (tertiary/aromatic N) is 1. The normalized spacial score (nSPS) is 35.8. The fourth-order valence-electron chi connectivity index (χ4n) is 1.59. The molecule has 0 unspecified atom stereocenters. The lowest BCUT2D eigenvalue weighted by Gasteiger charge is -2.10. The Hall–Kier alpha value is -0.770. The number of hydrogen-bond acceptors (Lipinski definition) is 2. The molecule has 2 fully saturated rings. The van der Waals surface area contributed by atoms with E-state index in [1.54, 1.807) is 0 Å². The summed E-state index contributed by atoms with van der Waals surface area (Å²) in [6.07, 6.45) is 0.532. The van der Waals surface area contributed by atoms with Crippen LogP contribution in [-0.2, 0) is 4.74 Å². The van der Waals surface area contributed by atoms with Crippen molar-refractivity contribution < 1.29 is 14.6 Å². The van der Waals surface area contributed by atoms with E-state index in [9.17, 15) is 4.79 Å². The molecule has 1 amide bonds. The van der Waals surface area contributed by atoms with Gasteiger partial charge in [0, 0.05) is 19.0 Å². The molecule has 4 nitrogen and oxygen atoms in total. The maximum absolute atomic E-state index is 10.5. The molecule has 2 aliphatic rings. The first-order chi connectivity index (χ1) is 5.27. The lowest BCUT2D eigenvalue weighted by atomic mass is 10.1. The molecular weight excluding hydrogens is 146 g/mol. The summed E-state index contributed by atoms with van der Waals surface area (Å²) < 4.78 is 5.10. The first kappa shape index (κ1) is 6.91. The standard InChI is InChI=1S/C7H11NO3/c9-7(10)8-2-1-5(3-8)6-4-11-6/h5-6H,1-4H2,(H,9,10)/t5-,6+/m0/s1. The highest BCUT2D eigenvalue weighted by atomic mass is 16.6. The molecule has 2 saturated heterocycles. The number of amides is 1. The minimum Gasteiger partial charge on any atom is -0.465 e. The predicted molar refractivity (Wildman–Crippen MR) is 37.4 cm³/mol. The summed E-state index contributed by atoms with van der Waals surface area (Å²) >= 11 is 0. The van der Waals surface area contributed by atoms with Crippen LogP contribution in [0.2, 0.25) is 0 Å². The Balaban J connectivity index is 1.87. The van der Waals surface area contributed by atoms with Crippen molar-refractivity contribution in [3.8, 4) is 0 Å². The van der Waals surface area contributed by atoms with Gasteiger partial charge in [0.05, 0.1) is 12.7 Å². The van der Waals surface area contributed by atoms with Crippen LogP contribution in [0, 0.1) is 5.92 Å². The van der Waals surface area contributed by atoms with Crippen LogP contribution in [0.4, 0.5) is 4.79 Å². The maximum Gasteiger partial charge on any atom is 0.407 e. The van der Waals surface area contributed by atoms with E-state index in [-0.39, 0.29) is 0 Å². The monoisotopic (exact) mass is 157 g/mol. The average molecular weight is 157 g/mol. The van der Waals surface area contributed by atoms with Crippen LogP contribution in [0.5, 0.6) is 0 Å². The van der Waals surface area contributed by atoms with Gasteiger partial charge in [0.2, 0.25) is 0 Å². The SMILES string of the molecule is O=C(O)N1CC[C@H]([C@H]2CO2)C1. The van der Waals surface area contributed by atoms with Crippen molar-refractivity contribution in [1.82, 2.24) is 4.90 Å². The van der Waals surface area contributed by atoms with E-state index in [2.05, 4.69) is 0 Å². The van der Waals surface area contributed by atoms with Crippen LogP contribution in [-0.4, -0.2) is 41.9 Å². The molecular formula is C7H11NO3. The summed E-state index contributed by atoms with van der Waals surface area (Å²) in [5.74, 6) is 0.464. The Labute approximate surface area is 64.7 Å². The number of ether oxygens (including phenoxy) is 1.